The van der Waals surface area contributed by atoms with E-state index < -0.39 is 23.5 Å². The molecule has 0 spiro atoms. The Morgan fingerprint density at radius 2 is 1.84 bits per heavy atom. The van der Waals surface area contributed by atoms with Crippen molar-refractivity contribution < 1.29 is 18.0 Å². The quantitative estimate of drug-likeness (QED) is 0.659. The van der Waals surface area contributed by atoms with Crippen molar-refractivity contribution >= 4 is 5.91 Å². The predicted molar refractivity (Wildman–Crippen MR) is 64.7 cm³/mol. The lowest BCUT2D eigenvalue weighted by molar-refractivity contribution is -0.121. The molecule has 0 aliphatic carbocycles. The topological polar surface area (TPSA) is 81.1 Å². The molecule has 1 amide bonds. The van der Waals surface area contributed by atoms with E-state index in [0.717, 1.165) is 6.07 Å². The molecule has 0 heterocycles. The van der Waals surface area contributed by atoms with Crippen LogP contribution >= 0.6 is 0 Å². The Balaban J connectivity index is 2.59. The van der Waals surface area contributed by atoms with Crippen molar-refractivity contribution in [2.45, 2.75) is 18.9 Å². The first kappa shape index (κ1) is 15.5. The van der Waals surface area contributed by atoms with Gasteiger partial charge in [-0.05, 0) is 18.1 Å². The van der Waals surface area contributed by atoms with Crippen LogP contribution in [0.3, 0.4) is 0 Å². The number of benzene rings is 1. The molecule has 1 rings (SSSR count). The molecule has 0 aromatic heterocycles. The molecule has 1 aromatic rings. The van der Waals surface area contributed by atoms with E-state index in [0.29, 0.717) is 19.2 Å². The standard InChI is InChI=1S/C12H16F3N3O/c13-9-6-11(15)10(14)4-7(9)3-8(17)5-12(19)18-2-1-16/h4,6,8H,1-3,5,16-17H2,(H,18,19)/t8-/m1/s1. The van der Waals surface area contributed by atoms with Gasteiger partial charge in [-0.15, -0.1) is 0 Å². The Labute approximate surface area is 109 Å². The van der Waals surface area contributed by atoms with E-state index in [4.69, 9.17) is 11.5 Å². The summed E-state index contributed by atoms with van der Waals surface area (Å²) in [5, 5.41) is 2.51. The van der Waals surface area contributed by atoms with Crippen molar-refractivity contribution in [1.29, 1.82) is 0 Å². The van der Waals surface area contributed by atoms with Crippen molar-refractivity contribution in [3.05, 3.63) is 35.1 Å². The second kappa shape index (κ2) is 7.10. The van der Waals surface area contributed by atoms with Crippen LogP contribution in [0.4, 0.5) is 13.2 Å². The maximum Gasteiger partial charge on any atom is 0.221 e. The Morgan fingerprint density at radius 3 is 2.47 bits per heavy atom. The molecular formula is C12H16F3N3O. The van der Waals surface area contributed by atoms with Crippen molar-refractivity contribution in [2.75, 3.05) is 13.1 Å². The van der Waals surface area contributed by atoms with Gasteiger partial charge in [0, 0.05) is 31.6 Å². The highest BCUT2D eigenvalue weighted by Crippen LogP contribution is 2.15. The zero-order valence-corrected chi connectivity index (χ0v) is 10.3. The molecule has 7 heteroatoms. The van der Waals surface area contributed by atoms with Crippen LogP contribution in [0.25, 0.3) is 0 Å². The van der Waals surface area contributed by atoms with E-state index in [2.05, 4.69) is 5.32 Å². The maximum absolute atomic E-state index is 13.4. The molecule has 0 saturated carbocycles. The Morgan fingerprint density at radius 1 is 1.21 bits per heavy atom. The Bertz CT molecular complexity index is 454. The predicted octanol–water partition coefficient (Wildman–Crippen LogP) is 0.439. The lowest BCUT2D eigenvalue weighted by Gasteiger charge is -2.12. The Hall–Kier alpha value is -1.60. The number of halogens is 3. The van der Waals surface area contributed by atoms with Gasteiger partial charge in [-0.2, -0.15) is 0 Å². The third-order valence-corrected chi connectivity index (χ3v) is 2.49. The molecule has 0 radical (unpaired) electrons. The fourth-order valence-electron chi connectivity index (χ4n) is 1.60. The minimum atomic E-state index is -1.25. The molecule has 0 unspecified atom stereocenters. The first-order valence-corrected chi connectivity index (χ1v) is 5.79. The molecule has 4 nitrogen and oxygen atoms in total. The highest BCUT2D eigenvalue weighted by atomic mass is 19.2. The number of carbonyl (C=O) groups excluding carboxylic acids is 1. The number of hydrogen-bond acceptors (Lipinski definition) is 3. The van der Waals surface area contributed by atoms with Crippen LogP contribution in [-0.4, -0.2) is 25.0 Å². The van der Waals surface area contributed by atoms with Crippen LogP contribution in [0.5, 0.6) is 0 Å². The van der Waals surface area contributed by atoms with Gasteiger partial charge in [0.1, 0.15) is 5.82 Å². The monoisotopic (exact) mass is 275 g/mol. The first-order valence-electron chi connectivity index (χ1n) is 5.79. The summed E-state index contributed by atoms with van der Waals surface area (Å²) in [6.45, 7) is 0.629. The van der Waals surface area contributed by atoms with E-state index in [9.17, 15) is 18.0 Å². The summed E-state index contributed by atoms with van der Waals surface area (Å²) in [5.74, 6) is -3.59. The molecule has 0 saturated heterocycles. The van der Waals surface area contributed by atoms with Gasteiger partial charge < -0.3 is 16.8 Å². The minimum absolute atomic E-state index is 0.0432. The fraction of sp³-hybridized carbons (Fsp3) is 0.417. The summed E-state index contributed by atoms with van der Waals surface area (Å²) >= 11 is 0. The second-order valence-electron chi connectivity index (χ2n) is 4.16. The van der Waals surface area contributed by atoms with Crippen LogP contribution in [0, 0.1) is 17.5 Å². The van der Waals surface area contributed by atoms with Gasteiger partial charge in [-0.3, -0.25) is 4.79 Å². The lowest BCUT2D eigenvalue weighted by atomic mass is 10.0. The molecule has 1 aromatic carbocycles. The van der Waals surface area contributed by atoms with E-state index >= 15 is 0 Å². The largest absolute Gasteiger partial charge is 0.355 e. The summed E-state index contributed by atoms with van der Waals surface area (Å²) in [5.41, 5.74) is 10.8. The molecule has 106 valence electrons. The second-order valence-corrected chi connectivity index (χ2v) is 4.16. The highest BCUT2D eigenvalue weighted by molar-refractivity contribution is 5.76. The third-order valence-electron chi connectivity index (χ3n) is 2.49. The third kappa shape index (κ3) is 4.88. The molecule has 0 bridgehead atoms. The van der Waals surface area contributed by atoms with Crippen molar-refractivity contribution in [1.82, 2.24) is 5.32 Å². The number of carbonyl (C=O) groups is 1. The molecule has 1 atom stereocenters. The SMILES string of the molecule is NCCNC(=O)C[C@H](N)Cc1cc(F)c(F)cc1F. The van der Waals surface area contributed by atoms with Gasteiger partial charge in [-0.1, -0.05) is 0 Å². The van der Waals surface area contributed by atoms with Gasteiger partial charge in [0.2, 0.25) is 5.91 Å². The van der Waals surface area contributed by atoms with E-state index in [1.165, 1.54) is 0 Å². The Kier molecular flexibility index (Phi) is 5.78. The van der Waals surface area contributed by atoms with Gasteiger partial charge in [0.05, 0.1) is 0 Å². The van der Waals surface area contributed by atoms with Gasteiger partial charge in [0.25, 0.3) is 0 Å². The van der Waals surface area contributed by atoms with Crippen molar-refractivity contribution in [3.8, 4) is 0 Å². The summed E-state index contributed by atoms with van der Waals surface area (Å²) in [4.78, 5) is 11.3. The highest BCUT2D eigenvalue weighted by Gasteiger charge is 2.15. The molecule has 0 aliphatic heterocycles. The fourth-order valence-corrected chi connectivity index (χ4v) is 1.60. The van der Waals surface area contributed by atoms with Gasteiger partial charge in [-0.25, -0.2) is 13.2 Å². The van der Waals surface area contributed by atoms with E-state index in [1.807, 2.05) is 0 Å². The number of nitrogens with one attached hydrogen (secondary N) is 1. The molecule has 5 N–H and O–H groups in total. The van der Waals surface area contributed by atoms with Crippen LogP contribution in [0.15, 0.2) is 12.1 Å². The normalized spacial score (nSPS) is 12.3. The summed E-state index contributed by atoms with van der Waals surface area (Å²) < 4.78 is 39.0. The van der Waals surface area contributed by atoms with Crippen LogP contribution in [-0.2, 0) is 11.2 Å². The number of hydrogen-bond donors (Lipinski definition) is 3. The lowest BCUT2D eigenvalue weighted by Crippen LogP contribution is -2.35. The van der Waals surface area contributed by atoms with Gasteiger partial charge >= 0.3 is 0 Å². The average molecular weight is 275 g/mol. The van der Waals surface area contributed by atoms with E-state index in [-0.39, 0.29) is 24.3 Å². The molecule has 0 aliphatic rings. The summed E-state index contributed by atoms with van der Waals surface area (Å²) in [6.07, 6.45) is -0.0997. The van der Waals surface area contributed by atoms with Crippen molar-refractivity contribution in [2.24, 2.45) is 11.5 Å². The summed E-state index contributed by atoms with van der Waals surface area (Å²) in [7, 11) is 0. The molecule has 19 heavy (non-hydrogen) atoms. The van der Waals surface area contributed by atoms with Crippen LogP contribution in [0.1, 0.15) is 12.0 Å². The number of amides is 1. The van der Waals surface area contributed by atoms with Crippen LogP contribution < -0.4 is 16.8 Å². The average Bonchev–Trinajstić information content (AvgIpc) is 2.33. The van der Waals surface area contributed by atoms with Crippen LogP contribution in [0.2, 0.25) is 0 Å². The number of rotatable bonds is 6. The first-order chi connectivity index (χ1) is 8.93. The maximum atomic E-state index is 13.4. The minimum Gasteiger partial charge on any atom is -0.355 e. The zero-order chi connectivity index (χ0) is 14.4. The van der Waals surface area contributed by atoms with Gasteiger partial charge in [0.15, 0.2) is 11.6 Å². The summed E-state index contributed by atoms with van der Waals surface area (Å²) in [6, 6.07) is 0.533. The molecular weight excluding hydrogens is 259 g/mol. The zero-order valence-electron chi connectivity index (χ0n) is 10.3. The molecule has 0 fully saturated rings. The number of nitrogens with two attached hydrogens (primary N) is 2. The van der Waals surface area contributed by atoms with E-state index in [1.54, 1.807) is 0 Å². The smallest absolute Gasteiger partial charge is 0.221 e. The van der Waals surface area contributed by atoms with Crippen molar-refractivity contribution in [3.63, 3.8) is 0 Å².